The van der Waals surface area contributed by atoms with Crippen molar-refractivity contribution in [3.63, 3.8) is 0 Å². The van der Waals surface area contributed by atoms with Crippen molar-refractivity contribution in [1.29, 1.82) is 5.26 Å². The average molecular weight is 165 g/mol. The summed E-state index contributed by atoms with van der Waals surface area (Å²) >= 11 is 0. The van der Waals surface area contributed by atoms with Crippen molar-refractivity contribution >= 4 is 0 Å². The summed E-state index contributed by atoms with van der Waals surface area (Å²) in [7, 11) is 0. The highest BCUT2D eigenvalue weighted by Gasteiger charge is 2.01. The molecule has 1 unspecified atom stereocenters. The van der Waals surface area contributed by atoms with Crippen LogP contribution in [0.2, 0.25) is 0 Å². The molecule has 0 saturated carbocycles. The Labute approximate surface area is 71.1 Å². The fraction of sp³-hybridized carbons (Fsp3) is 0.500. The van der Waals surface area contributed by atoms with Crippen molar-refractivity contribution in [2.75, 3.05) is 0 Å². The van der Waals surface area contributed by atoms with Crippen molar-refractivity contribution in [3.05, 3.63) is 18.2 Å². The molecule has 0 fully saturated rings. The Morgan fingerprint density at radius 3 is 3.17 bits per heavy atom. The molecule has 0 aromatic carbocycles. The third-order valence-corrected chi connectivity index (χ3v) is 1.60. The average Bonchev–Trinajstić information content (AvgIpc) is 2.47. The largest absolute Gasteiger partial charge is 0.393 e. The third kappa shape index (κ3) is 2.07. The SMILES string of the molecule is CC(O)CCn1ccnc1C#N. The predicted octanol–water partition coefficient (Wildman–Crippen LogP) is 0.526. The summed E-state index contributed by atoms with van der Waals surface area (Å²) in [6.45, 7) is 2.36. The molecule has 0 amide bonds. The van der Waals surface area contributed by atoms with Crippen LogP contribution in [0.1, 0.15) is 19.2 Å². The van der Waals surface area contributed by atoms with Crippen LogP contribution in [0.5, 0.6) is 0 Å². The van der Waals surface area contributed by atoms with Gasteiger partial charge in [0.25, 0.3) is 0 Å². The Morgan fingerprint density at radius 1 is 1.83 bits per heavy atom. The highest BCUT2D eigenvalue weighted by molar-refractivity contribution is 5.10. The van der Waals surface area contributed by atoms with Crippen molar-refractivity contribution < 1.29 is 5.11 Å². The molecular formula is C8H11N3O. The summed E-state index contributed by atoms with van der Waals surface area (Å²) in [5, 5.41) is 17.6. The van der Waals surface area contributed by atoms with Gasteiger partial charge in [0.2, 0.25) is 5.82 Å². The number of aliphatic hydroxyl groups excluding tert-OH is 1. The van der Waals surface area contributed by atoms with Gasteiger partial charge in [-0.3, -0.25) is 0 Å². The maximum Gasteiger partial charge on any atom is 0.212 e. The van der Waals surface area contributed by atoms with Gasteiger partial charge >= 0.3 is 0 Å². The van der Waals surface area contributed by atoms with E-state index in [9.17, 15) is 0 Å². The number of hydrogen-bond acceptors (Lipinski definition) is 3. The first-order valence-corrected chi connectivity index (χ1v) is 3.83. The van der Waals surface area contributed by atoms with E-state index in [1.807, 2.05) is 6.07 Å². The molecule has 12 heavy (non-hydrogen) atoms. The van der Waals surface area contributed by atoms with Gasteiger partial charge in [-0.25, -0.2) is 4.98 Å². The van der Waals surface area contributed by atoms with E-state index in [1.165, 1.54) is 0 Å². The fourth-order valence-electron chi connectivity index (χ4n) is 0.929. The first-order valence-electron chi connectivity index (χ1n) is 3.83. The number of hydrogen-bond donors (Lipinski definition) is 1. The molecule has 0 radical (unpaired) electrons. The van der Waals surface area contributed by atoms with Crippen LogP contribution in [-0.2, 0) is 6.54 Å². The lowest BCUT2D eigenvalue weighted by atomic mass is 10.3. The molecule has 4 heteroatoms. The summed E-state index contributed by atoms with van der Waals surface area (Å²) in [5.41, 5.74) is 0. The Balaban J connectivity index is 2.58. The molecule has 4 nitrogen and oxygen atoms in total. The summed E-state index contributed by atoms with van der Waals surface area (Å²) in [6, 6.07) is 1.97. The molecule has 1 atom stereocenters. The van der Waals surface area contributed by atoms with Gasteiger partial charge in [-0.2, -0.15) is 5.26 Å². The molecule has 0 aliphatic carbocycles. The van der Waals surface area contributed by atoms with Crippen LogP contribution in [0.4, 0.5) is 0 Å². The molecule has 0 aliphatic heterocycles. The van der Waals surface area contributed by atoms with Crippen LogP contribution in [0.25, 0.3) is 0 Å². The van der Waals surface area contributed by atoms with E-state index in [1.54, 1.807) is 23.9 Å². The monoisotopic (exact) mass is 165 g/mol. The standard InChI is InChI=1S/C8H11N3O/c1-7(12)2-4-11-5-3-10-8(11)6-9/h3,5,7,12H,2,4H2,1H3. The molecule has 64 valence electrons. The Kier molecular flexibility index (Phi) is 2.83. The van der Waals surface area contributed by atoms with E-state index in [-0.39, 0.29) is 6.10 Å². The van der Waals surface area contributed by atoms with Gasteiger partial charge in [0.15, 0.2) is 0 Å². The number of aryl methyl sites for hydroxylation is 1. The zero-order valence-electron chi connectivity index (χ0n) is 6.94. The van der Waals surface area contributed by atoms with Crippen LogP contribution < -0.4 is 0 Å². The minimum atomic E-state index is -0.334. The van der Waals surface area contributed by atoms with E-state index in [2.05, 4.69) is 4.98 Å². The van der Waals surface area contributed by atoms with E-state index < -0.39 is 0 Å². The topological polar surface area (TPSA) is 61.8 Å². The molecule has 1 rings (SSSR count). The van der Waals surface area contributed by atoms with Crippen molar-refractivity contribution in [1.82, 2.24) is 9.55 Å². The van der Waals surface area contributed by atoms with Crippen LogP contribution in [0, 0.1) is 11.3 Å². The molecule has 1 N–H and O–H groups in total. The molecule has 0 bridgehead atoms. The highest BCUT2D eigenvalue weighted by atomic mass is 16.3. The molecule has 0 aliphatic rings. The number of nitriles is 1. The Hall–Kier alpha value is -1.34. The maximum atomic E-state index is 9.00. The number of imidazole rings is 1. The van der Waals surface area contributed by atoms with Crippen molar-refractivity contribution in [3.8, 4) is 6.07 Å². The van der Waals surface area contributed by atoms with Crippen molar-refractivity contribution in [2.45, 2.75) is 26.0 Å². The van der Waals surface area contributed by atoms with Crippen LogP contribution in [-0.4, -0.2) is 20.8 Å². The minimum Gasteiger partial charge on any atom is -0.393 e. The number of aromatic nitrogens is 2. The van der Waals surface area contributed by atoms with Gasteiger partial charge in [-0.15, -0.1) is 0 Å². The Bertz CT molecular complexity index is 285. The quantitative estimate of drug-likeness (QED) is 0.710. The van der Waals surface area contributed by atoms with Crippen LogP contribution >= 0.6 is 0 Å². The smallest absolute Gasteiger partial charge is 0.212 e. The van der Waals surface area contributed by atoms with Gasteiger partial charge < -0.3 is 9.67 Å². The highest BCUT2D eigenvalue weighted by Crippen LogP contribution is 1.99. The third-order valence-electron chi connectivity index (χ3n) is 1.60. The second-order valence-corrected chi connectivity index (χ2v) is 2.69. The van der Waals surface area contributed by atoms with Crippen molar-refractivity contribution in [2.24, 2.45) is 0 Å². The lowest BCUT2D eigenvalue weighted by Crippen LogP contribution is -2.07. The molecule has 0 spiro atoms. The maximum absolute atomic E-state index is 9.00. The van der Waals surface area contributed by atoms with Gasteiger partial charge in [0.05, 0.1) is 6.10 Å². The van der Waals surface area contributed by atoms with E-state index in [0.717, 1.165) is 0 Å². The molecule has 1 aromatic rings. The van der Waals surface area contributed by atoms with E-state index in [0.29, 0.717) is 18.8 Å². The normalized spacial score (nSPS) is 12.4. The lowest BCUT2D eigenvalue weighted by Gasteiger charge is -2.04. The zero-order chi connectivity index (χ0) is 8.97. The number of nitrogens with zero attached hydrogens (tertiary/aromatic N) is 3. The van der Waals surface area contributed by atoms with E-state index in [4.69, 9.17) is 10.4 Å². The van der Waals surface area contributed by atoms with E-state index >= 15 is 0 Å². The second-order valence-electron chi connectivity index (χ2n) is 2.69. The number of aliphatic hydroxyl groups is 1. The van der Waals surface area contributed by atoms with Crippen LogP contribution in [0.15, 0.2) is 12.4 Å². The van der Waals surface area contributed by atoms with Crippen LogP contribution in [0.3, 0.4) is 0 Å². The van der Waals surface area contributed by atoms with Gasteiger partial charge in [0.1, 0.15) is 6.07 Å². The number of rotatable bonds is 3. The second kappa shape index (κ2) is 3.88. The summed E-state index contributed by atoms with van der Waals surface area (Å²) in [6.07, 6.45) is 3.63. The van der Waals surface area contributed by atoms with Gasteiger partial charge in [-0.1, -0.05) is 0 Å². The zero-order valence-corrected chi connectivity index (χ0v) is 6.94. The molecule has 1 heterocycles. The summed E-state index contributed by atoms with van der Waals surface area (Å²) in [4.78, 5) is 3.83. The predicted molar refractivity (Wildman–Crippen MR) is 43.2 cm³/mol. The summed E-state index contributed by atoms with van der Waals surface area (Å²) < 4.78 is 1.73. The fourth-order valence-corrected chi connectivity index (χ4v) is 0.929. The molecule has 1 aromatic heterocycles. The minimum absolute atomic E-state index is 0.334. The lowest BCUT2D eigenvalue weighted by molar-refractivity contribution is 0.178. The summed E-state index contributed by atoms with van der Waals surface area (Å²) in [5.74, 6) is 0.399. The van der Waals surface area contributed by atoms with Gasteiger partial charge in [0, 0.05) is 18.9 Å². The first-order chi connectivity index (χ1) is 5.74. The Morgan fingerprint density at radius 2 is 2.58 bits per heavy atom. The van der Waals surface area contributed by atoms with Gasteiger partial charge in [-0.05, 0) is 13.3 Å². The first kappa shape index (κ1) is 8.75. The molecule has 0 saturated heterocycles. The molecular weight excluding hydrogens is 154 g/mol.